The van der Waals surface area contributed by atoms with Gasteiger partial charge < -0.3 is 25.6 Å². The Morgan fingerprint density at radius 2 is 1.23 bits per heavy atom. The van der Waals surface area contributed by atoms with Gasteiger partial charge in [0.25, 0.3) is 0 Å². The van der Waals surface area contributed by atoms with Crippen molar-refractivity contribution in [2.75, 3.05) is 26.2 Å². The Bertz CT molecular complexity index is 1250. The number of aliphatic imine (C=N–C) groups is 1. The van der Waals surface area contributed by atoms with E-state index in [1.165, 1.54) is 122 Å². The molecular formula is C52H95N5O5. The second-order valence-electron chi connectivity index (χ2n) is 20.0. The molecule has 2 unspecified atom stereocenters. The minimum Gasteiger partial charge on any atom is -0.354 e. The molecule has 3 aliphatic rings. The molecule has 0 spiro atoms. The number of piperidine rings is 1. The highest BCUT2D eigenvalue weighted by molar-refractivity contribution is 5.88. The van der Waals surface area contributed by atoms with Gasteiger partial charge in [0.1, 0.15) is 6.04 Å². The zero-order valence-corrected chi connectivity index (χ0v) is 40.5. The zero-order chi connectivity index (χ0) is 44.6. The van der Waals surface area contributed by atoms with E-state index in [1.807, 2.05) is 6.21 Å². The highest BCUT2D eigenvalue weighted by Crippen LogP contribution is 2.32. The molecule has 2 bridgehead atoms. The van der Waals surface area contributed by atoms with Crippen molar-refractivity contribution >= 4 is 29.8 Å². The van der Waals surface area contributed by atoms with E-state index in [2.05, 4.69) is 34.7 Å². The molecule has 1 aliphatic carbocycles. The van der Waals surface area contributed by atoms with Crippen LogP contribution >= 0.6 is 0 Å². The fourth-order valence-corrected chi connectivity index (χ4v) is 10.1. The van der Waals surface area contributed by atoms with Crippen molar-refractivity contribution in [3.63, 3.8) is 0 Å². The maximum atomic E-state index is 13.6. The number of likely N-dealkylation sites (tertiary alicyclic amines) is 1. The van der Waals surface area contributed by atoms with Crippen molar-refractivity contribution in [2.24, 2.45) is 10.9 Å². The Kier molecular flexibility index (Phi) is 28.7. The van der Waals surface area contributed by atoms with E-state index in [1.54, 1.807) is 0 Å². The van der Waals surface area contributed by atoms with E-state index in [0.717, 1.165) is 109 Å². The van der Waals surface area contributed by atoms with Gasteiger partial charge in [0.15, 0.2) is 5.72 Å². The smallest absolute Gasteiger partial charge is 0.243 e. The van der Waals surface area contributed by atoms with Gasteiger partial charge in [0, 0.05) is 51.2 Å². The van der Waals surface area contributed by atoms with Crippen molar-refractivity contribution in [1.29, 1.82) is 0 Å². The van der Waals surface area contributed by atoms with Gasteiger partial charge >= 0.3 is 0 Å². The van der Waals surface area contributed by atoms with Crippen LogP contribution in [0.25, 0.3) is 0 Å². The summed E-state index contributed by atoms with van der Waals surface area (Å²) in [5.41, 5.74) is -0.973. The highest BCUT2D eigenvalue weighted by Gasteiger charge is 2.32. The largest absolute Gasteiger partial charge is 0.354 e. The highest BCUT2D eigenvalue weighted by atomic mass is 16.5. The Hall–Kier alpha value is -2.49. The molecule has 0 aromatic heterocycles. The lowest BCUT2D eigenvalue weighted by Gasteiger charge is -2.34. The lowest BCUT2D eigenvalue weighted by atomic mass is 9.87. The summed E-state index contributed by atoms with van der Waals surface area (Å²) >= 11 is 0. The number of carbonyl (C=O) groups excluding carboxylic acids is 4. The minimum atomic E-state index is -0.755. The van der Waals surface area contributed by atoms with Gasteiger partial charge in [-0.1, -0.05) is 155 Å². The third kappa shape index (κ3) is 24.5. The van der Waals surface area contributed by atoms with Crippen LogP contribution in [0.1, 0.15) is 252 Å². The number of rotatable bonds is 19. The van der Waals surface area contributed by atoms with Gasteiger partial charge in [0.2, 0.25) is 23.6 Å². The number of ether oxygens (including phenoxy) is 1. The second kappa shape index (κ2) is 33.1. The number of amides is 4. The Morgan fingerprint density at radius 3 is 1.76 bits per heavy atom. The Balaban J connectivity index is 1.53. The van der Waals surface area contributed by atoms with E-state index in [4.69, 9.17) is 9.73 Å². The van der Waals surface area contributed by atoms with Crippen LogP contribution in [0.5, 0.6) is 0 Å². The van der Waals surface area contributed by atoms with Crippen LogP contribution in [0.2, 0.25) is 0 Å². The van der Waals surface area contributed by atoms with E-state index in [9.17, 15) is 19.2 Å². The first-order valence-corrected chi connectivity index (χ1v) is 26.4. The average Bonchev–Trinajstić information content (AvgIpc) is 3.25. The molecule has 10 nitrogen and oxygen atoms in total. The normalized spacial score (nSPS) is 25.1. The SMILES string of the molecule is CCCCCCCCCCCCCCCC(=O)N1CCC(CCOC23CCCCCCCCCCCC(C)(CCCCCC2)NC(=O)[C@@H](NC(C)=O)CCC(=O)NCC=N3)CC1. The molecule has 3 atom stereocenters. The van der Waals surface area contributed by atoms with Gasteiger partial charge in [-0.3, -0.25) is 24.2 Å². The number of unbranched alkanes of at least 4 members (excludes halogenated alkanes) is 12. The lowest BCUT2D eigenvalue weighted by molar-refractivity contribution is -0.133. The summed E-state index contributed by atoms with van der Waals surface area (Å²) in [7, 11) is 0. The van der Waals surface area contributed by atoms with E-state index in [-0.39, 0.29) is 36.1 Å². The van der Waals surface area contributed by atoms with Crippen molar-refractivity contribution in [3.05, 3.63) is 0 Å². The molecule has 1 saturated carbocycles. The van der Waals surface area contributed by atoms with Crippen LogP contribution in [0.3, 0.4) is 0 Å². The van der Waals surface area contributed by atoms with Crippen LogP contribution in [-0.4, -0.2) is 78.3 Å². The summed E-state index contributed by atoms with van der Waals surface area (Å²) in [5.74, 6) is 0.259. The number of nitrogens with one attached hydrogen (secondary N) is 3. The molecule has 1 saturated heterocycles. The second-order valence-corrected chi connectivity index (χ2v) is 20.0. The molecular weight excluding hydrogens is 775 g/mol. The van der Waals surface area contributed by atoms with E-state index < -0.39 is 11.8 Å². The van der Waals surface area contributed by atoms with Crippen molar-refractivity contribution in [1.82, 2.24) is 20.9 Å². The maximum Gasteiger partial charge on any atom is 0.243 e. The van der Waals surface area contributed by atoms with Gasteiger partial charge in [-0.15, -0.1) is 0 Å². The molecule has 358 valence electrons. The van der Waals surface area contributed by atoms with Gasteiger partial charge in [0.05, 0.1) is 6.54 Å². The van der Waals surface area contributed by atoms with Crippen molar-refractivity contribution in [3.8, 4) is 0 Å². The molecule has 62 heavy (non-hydrogen) atoms. The maximum absolute atomic E-state index is 13.6. The Labute approximate surface area is 379 Å². The quantitative estimate of drug-likeness (QED) is 0.111. The molecule has 4 amide bonds. The van der Waals surface area contributed by atoms with Crippen LogP contribution in [0, 0.1) is 5.92 Å². The standard InChI is InChI=1S/C52H95N5O5/c1-4-5-6-7-8-9-10-11-12-14-17-20-25-30-49(60)57-42-33-46(34-43-57)35-44-62-52-38-28-22-19-16-13-15-18-21-26-36-51(3,37-27-23-24-29-39-52)56-50(61)47(55-45(2)58)31-32-48(59)53-40-41-54-52/h41,46-47H,4-40,42-44H2,1-3H3,(H,53,59)(H,55,58)(H,56,61)/t47-,51?,52?/m0/s1. The molecule has 0 aromatic rings. The van der Waals surface area contributed by atoms with E-state index >= 15 is 0 Å². The van der Waals surface area contributed by atoms with Gasteiger partial charge in [-0.2, -0.15) is 0 Å². The molecule has 10 heteroatoms. The summed E-state index contributed by atoms with van der Waals surface area (Å²) in [6.45, 7) is 8.54. The summed E-state index contributed by atoms with van der Waals surface area (Å²) in [6, 6.07) is -0.755. The molecule has 0 radical (unpaired) electrons. The molecule has 3 N–H and O–H groups in total. The van der Waals surface area contributed by atoms with Crippen LogP contribution in [0.4, 0.5) is 0 Å². The molecule has 0 aromatic carbocycles. The zero-order valence-electron chi connectivity index (χ0n) is 40.5. The molecule has 2 heterocycles. The summed E-state index contributed by atoms with van der Waals surface area (Å²) in [6.07, 6.45) is 41.5. The van der Waals surface area contributed by atoms with Crippen LogP contribution < -0.4 is 16.0 Å². The molecule has 2 aliphatic heterocycles. The third-order valence-electron chi connectivity index (χ3n) is 14.2. The van der Waals surface area contributed by atoms with Gasteiger partial charge in [-0.25, -0.2) is 0 Å². The predicted molar refractivity (Wildman–Crippen MR) is 256 cm³/mol. The van der Waals surface area contributed by atoms with Crippen molar-refractivity contribution < 1.29 is 23.9 Å². The first-order valence-electron chi connectivity index (χ1n) is 26.4. The fourth-order valence-electron chi connectivity index (χ4n) is 10.1. The van der Waals surface area contributed by atoms with E-state index in [0.29, 0.717) is 31.4 Å². The van der Waals surface area contributed by atoms with Crippen molar-refractivity contribution in [2.45, 2.75) is 269 Å². The number of fused-ring (bicyclic) bond motifs is 7. The fraction of sp³-hybridized carbons (Fsp3) is 0.904. The monoisotopic (exact) mass is 870 g/mol. The Morgan fingerprint density at radius 1 is 0.726 bits per heavy atom. The van der Waals surface area contributed by atoms with Crippen LogP contribution in [-0.2, 0) is 23.9 Å². The summed E-state index contributed by atoms with van der Waals surface area (Å²) in [5, 5.41) is 9.14. The third-order valence-corrected chi connectivity index (χ3v) is 14.2. The molecule has 3 rings (SSSR count). The molecule has 2 fully saturated rings. The van der Waals surface area contributed by atoms with Crippen LogP contribution in [0.15, 0.2) is 4.99 Å². The summed E-state index contributed by atoms with van der Waals surface area (Å²) < 4.78 is 6.93. The topological polar surface area (TPSA) is 129 Å². The lowest BCUT2D eigenvalue weighted by Crippen LogP contribution is -2.54. The van der Waals surface area contributed by atoms with Gasteiger partial charge in [-0.05, 0) is 83.5 Å². The first kappa shape index (κ1) is 53.8. The summed E-state index contributed by atoms with van der Waals surface area (Å²) in [4.78, 5) is 59.1. The minimum absolute atomic E-state index is 0.133. The predicted octanol–water partition coefficient (Wildman–Crippen LogP) is 11.8. The first-order chi connectivity index (χ1) is 30.1. The number of carbonyl (C=O) groups is 4. The number of hydrogen-bond acceptors (Lipinski definition) is 6. The number of hydrogen-bond donors (Lipinski definition) is 3. The average molecular weight is 870 g/mol. The number of nitrogens with zero attached hydrogens (tertiary/aromatic N) is 2.